The molecule has 20 heavy (non-hydrogen) atoms. The number of hydrogen-bond acceptors (Lipinski definition) is 6. The molecule has 0 saturated carbocycles. The Morgan fingerprint density at radius 2 is 2.25 bits per heavy atom. The van der Waals surface area contributed by atoms with E-state index < -0.39 is 4.92 Å². The van der Waals surface area contributed by atoms with E-state index in [1.54, 1.807) is 4.68 Å². The maximum atomic E-state index is 10.8. The van der Waals surface area contributed by atoms with Gasteiger partial charge in [0.1, 0.15) is 11.6 Å². The SMILES string of the molecule is CCc1nn(C)cc1CNc1cc([N+](=O)[O-])cc(N)n1. The van der Waals surface area contributed by atoms with Crippen LogP contribution >= 0.6 is 0 Å². The van der Waals surface area contributed by atoms with Crippen LogP contribution in [0.5, 0.6) is 0 Å². The van der Waals surface area contributed by atoms with Gasteiger partial charge in [-0.3, -0.25) is 14.8 Å². The van der Waals surface area contributed by atoms with Gasteiger partial charge in [-0.15, -0.1) is 0 Å². The zero-order chi connectivity index (χ0) is 14.7. The summed E-state index contributed by atoms with van der Waals surface area (Å²) in [6.45, 7) is 2.51. The van der Waals surface area contributed by atoms with Crippen LogP contribution in [-0.2, 0) is 20.0 Å². The lowest BCUT2D eigenvalue weighted by Crippen LogP contribution is -2.05. The van der Waals surface area contributed by atoms with Gasteiger partial charge in [0.15, 0.2) is 0 Å². The highest BCUT2D eigenvalue weighted by Crippen LogP contribution is 2.19. The number of aromatic nitrogens is 3. The van der Waals surface area contributed by atoms with E-state index in [0.29, 0.717) is 12.4 Å². The zero-order valence-corrected chi connectivity index (χ0v) is 11.3. The van der Waals surface area contributed by atoms with E-state index in [9.17, 15) is 10.1 Å². The summed E-state index contributed by atoms with van der Waals surface area (Å²) in [5, 5.41) is 18.1. The minimum Gasteiger partial charge on any atom is -0.383 e. The number of anilines is 2. The smallest absolute Gasteiger partial charge is 0.276 e. The lowest BCUT2D eigenvalue weighted by molar-refractivity contribution is -0.384. The Hall–Kier alpha value is -2.64. The lowest BCUT2D eigenvalue weighted by atomic mass is 10.2. The molecule has 3 N–H and O–H groups in total. The van der Waals surface area contributed by atoms with Crippen LogP contribution in [0.25, 0.3) is 0 Å². The zero-order valence-electron chi connectivity index (χ0n) is 11.3. The molecule has 0 unspecified atom stereocenters. The van der Waals surface area contributed by atoms with Crippen molar-refractivity contribution in [2.24, 2.45) is 7.05 Å². The maximum Gasteiger partial charge on any atom is 0.276 e. The fourth-order valence-electron chi connectivity index (χ4n) is 1.95. The molecule has 8 nitrogen and oxygen atoms in total. The minimum absolute atomic E-state index is 0.0816. The normalized spacial score (nSPS) is 10.5. The van der Waals surface area contributed by atoms with Crippen LogP contribution in [0, 0.1) is 10.1 Å². The third kappa shape index (κ3) is 3.02. The van der Waals surface area contributed by atoms with Crippen LogP contribution in [-0.4, -0.2) is 19.7 Å². The Morgan fingerprint density at radius 1 is 1.50 bits per heavy atom. The van der Waals surface area contributed by atoms with Crippen molar-refractivity contribution in [1.29, 1.82) is 0 Å². The number of nitrogens with zero attached hydrogens (tertiary/aromatic N) is 4. The molecule has 0 saturated heterocycles. The van der Waals surface area contributed by atoms with Crippen molar-refractivity contribution < 1.29 is 4.92 Å². The van der Waals surface area contributed by atoms with Gasteiger partial charge in [0.2, 0.25) is 0 Å². The number of hydrogen-bond donors (Lipinski definition) is 2. The summed E-state index contributed by atoms with van der Waals surface area (Å²) in [7, 11) is 1.85. The molecule has 8 heteroatoms. The van der Waals surface area contributed by atoms with Gasteiger partial charge in [0.05, 0.1) is 22.7 Å². The molecule has 2 aromatic rings. The summed E-state index contributed by atoms with van der Waals surface area (Å²) in [4.78, 5) is 14.3. The Bertz CT molecular complexity index is 637. The van der Waals surface area contributed by atoms with Crippen molar-refractivity contribution in [2.45, 2.75) is 19.9 Å². The summed E-state index contributed by atoms with van der Waals surface area (Å²) in [6.07, 6.45) is 2.73. The van der Waals surface area contributed by atoms with E-state index in [2.05, 4.69) is 15.4 Å². The van der Waals surface area contributed by atoms with Gasteiger partial charge in [0, 0.05) is 25.4 Å². The van der Waals surface area contributed by atoms with Crippen LogP contribution in [0.3, 0.4) is 0 Å². The van der Waals surface area contributed by atoms with Crippen molar-refractivity contribution in [3.05, 3.63) is 39.7 Å². The van der Waals surface area contributed by atoms with Crippen molar-refractivity contribution >= 4 is 17.3 Å². The van der Waals surface area contributed by atoms with Crippen LogP contribution in [0.2, 0.25) is 0 Å². The van der Waals surface area contributed by atoms with Gasteiger partial charge in [-0.1, -0.05) is 6.92 Å². The average Bonchev–Trinajstić information content (AvgIpc) is 2.76. The standard InChI is InChI=1S/C12H16N6O2/c1-3-10-8(7-17(2)16-10)6-14-12-5-9(18(19)20)4-11(13)15-12/h4-5,7H,3,6H2,1-2H3,(H3,13,14,15). The second-order valence-corrected chi connectivity index (χ2v) is 4.37. The summed E-state index contributed by atoms with van der Waals surface area (Å²) >= 11 is 0. The van der Waals surface area contributed by atoms with Crippen molar-refractivity contribution in [2.75, 3.05) is 11.1 Å². The molecule has 0 amide bonds. The van der Waals surface area contributed by atoms with Crippen LogP contribution in [0.4, 0.5) is 17.3 Å². The monoisotopic (exact) mass is 276 g/mol. The summed E-state index contributed by atoms with van der Waals surface area (Å²) < 4.78 is 1.74. The predicted molar refractivity (Wildman–Crippen MR) is 75.2 cm³/mol. The number of aryl methyl sites for hydroxylation is 2. The second-order valence-electron chi connectivity index (χ2n) is 4.37. The first kappa shape index (κ1) is 13.8. The van der Waals surface area contributed by atoms with E-state index in [0.717, 1.165) is 17.7 Å². The molecular formula is C12H16N6O2. The fraction of sp³-hybridized carbons (Fsp3) is 0.333. The molecule has 0 aliphatic carbocycles. The number of rotatable bonds is 5. The Balaban J connectivity index is 2.16. The molecule has 0 atom stereocenters. The van der Waals surface area contributed by atoms with E-state index in [4.69, 9.17) is 5.73 Å². The molecule has 106 valence electrons. The van der Waals surface area contributed by atoms with Gasteiger partial charge in [0.25, 0.3) is 5.69 Å². The molecule has 2 aromatic heterocycles. The van der Waals surface area contributed by atoms with Gasteiger partial charge < -0.3 is 11.1 Å². The fourth-order valence-corrected chi connectivity index (χ4v) is 1.95. The van der Waals surface area contributed by atoms with E-state index in [1.165, 1.54) is 12.1 Å². The number of nitro groups is 1. The van der Waals surface area contributed by atoms with Crippen LogP contribution in [0.1, 0.15) is 18.2 Å². The minimum atomic E-state index is -0.495. The molecular weight excluding hydrogens is 260 g/mol. The third-order valence-electron chi connectivity index (χ3n) is 2.83. The maximum absolute atomic E-state index is 10.8. The highest BCUT2D eigenvalue weighted by Gasteiger charge is 2.11. The molecule has 2 rings (SSSR count). The molecule has 0 aliphatic heterocycles. The lowest BCUT2D eigenvalue weighted by Gasteiger charge is -2.06. The summed E-state index contributed by atoms with van der Waals surface area (Å²) in [5.41, 5.74) is 7.49. The number of nitrogens with one attached hydrogen (secondary N) is 1. The highest BCUT2D eigenvalue weighted by molar-refractivity contribution is 5.52. The van der Waals surface area contributed by atoms with Crippen LogP contribution < -0.4 is 11.1 Å². The van der Waals surface area contributed by atoms with Gasteiger partial charge in [-0.25, -0.2) is 4.98 Å². The Labute approximate surface area is 115 Å². The summed E-state index contributed by atoms with van der Waals surface area (Å²) in [5.74, 6) is 0.492. The third-order valence-corrected chi connectivity index (χ3v) is 2.83. The average molecular weight is 276 g/mol. The van der Waals surface area contributed by atoms with Crippen molar-refractivity contribution in [1.82, 2.24) is 14.8 Å². The molecule has 0 radical (unpaired) electrons. The largest absolute Gasteiger partial charge is 0.383 e. The first-order valence-corrected chi connectivity index (χ1v) is 6.16. The summed E-state index contributed by atoms with van der Waals surface area (Å²) in [6, 6.07) is 2.59. The van der Waals surface area contributed by atoms with E-state index in [1.807, 2.05) is 20.2 Å². The highest BCUT2D eigenvalue weighted by atomic mass is 16.6. The quantitative estimate of drug-likeness (QED) is 0.632. The Kier molecular flexibility index (Phi) is 3.83. The topological polar surface area (TPSA) is 112 Å². The van der Waals surface area contributed by atoms with Gasteiger partial charge in [-0.2, -0.15) is 5.10 Å². The predicted octanol–water partition coefficient (Wildman–Crippen LogP) is 1.48. The first-order chi connectivity index (χ1) is 9.49. The van der Waals surface area contributed by atoms with E-state index >= 15 is 0 Å². The van der Waals surface area contributed by atoms with Crippen molar-refractivity contribution in [3.63, 3.8) is 0 Å². The van der Waals surface area contributed by atoms with Crippen LogP contribution in [0.15, 0.2) is 18.3 Å². The molecule has 0 bridgehead atoms. The Morgan fingerprint density at radius 3 is 2.90 bits per heavy atom. The molecule has 0 spiro atoms. The second kappa shape index (κ2) is 5.55. The van der Waals surface area contributed by atoms with E-state index in [-0.39, 0.29) is 11.5 Å². The van der Waals surface area contributed by atoms with Gasteiger partial charge in [-0.05, 0) is 6.42 Å². The van der Waals surface area contributed by atoms with Gasteiger partial charge >= 0.3 is 0 Å². The molecule has 2 heterocycles. The molecule has 0 fully saturated rings. The number of nitrogens with two attached hydrogens (primary N) is 1. The molecule has 0 aliphatic rings. The van der Waals surface area contributed by atoms with Crippen molar-refractivity contribution in [3.8, 4) is 0 Å². The first-order valence-electron chi connectivity index (χ1n) is 6.16. The molecule has 0 aromatic carbocycles. The number of nitrogen functional groups attached to an aromatic ring is 1. The number of pyridine rings is 1.